The van der Waals surface area contributed by atoms with Gasteiger partial charge < -0.3 is 10.1 Å². The summed E-state index contributed by atoms with van der Waals surface area (Å²) in [6, 6.07) is 7.23. The van der Waals surface area contributed by atoms with Crippen molar-refractivity contribution < 1.29 is 4.92 Å². The monoisotopic (exact) mass is 204 g/mol. The second-order valence-electron chi connectivity index (χ2n) is 2.22. The Balaban J connectivity index is 0.000000845. The summed E-state index contributed by atoms with van der Waals surface area (Å²) >= 11 is 1.10. The molecule has 13 heavy (non-hydrogen) atoms. The maximum atomic E-state index is 10.3. The van der Waals surface area contributed by atoms with E-state index in [1.165, 1.54) is 0 Å². The standard InChI is InChI=1S/C7H4N2O2S.Na.H/c10-9(11)7-8-5-3-1-2-4-6(5)12-7;;/h1-4H;;. The van der Waals surface area contributed by atoms with Crippen molar-refractivity contribution in [1.29, 1.82) is 0 Å². The summed E-state index contributed by atoms with van der Waals surface area (Å²) in [5, 5.41) is 10.3. The summed E-state index contributed by atoms with van der Waals surface area (Å²) in [6.45, 7) is 0. The van der Waals surface area contributed by atoms with Gasteiger partial charge in [0.05, 0.1) is 4.70 Å². The summed E-state index contributed by atoms with van der Waals surface area (Å²) in [5.41, 5.74) is 0.689. The van der Waals surface area contributed by atoms with Crippen LogP contribution in [0.1, 0.15) is 0 Å². The van der Waals surface area contributed by atoms with Gasteiger partial charge in [0, 0.05) is 0 Å². The molecule has 0 radical (unpaired) electrons. The van der Waals surface area contributed by atoms with Gasteiger partial charge in [-0.1, -0.05) is 12.1 Å². The minimum absolute atomic E-state index is 0. The third-order valence-corrected chi connectivity index (χ3v) is 2.43. The Morgan fingerprint density at radius 1 is 1.38 bits per heavy atom. The summed E-state index contributed by atoms with van der Waals surface area (Å²) < 4.78 is 0.851. The first-order valence-electron chi connectivity index (χ1n) is 3.27. The molecule has 1 heterocycles. The number of aromatic nitrogens is 1. The number of hydrogen-bond acceptors (Lipinski definition) is 4. The van der Waals surface area contributed by atoms with Crippen LogP contribution in [0.3, 0.4) is 0 Å². The summed E-state index contributed by atoms with van der Waals surface area (Å²) in [7, 11) is 0. The van der Waals surface area contributed by atoms with Gasteiger partial charge in [0.15, 0.2) is 5.52 Å². The van der Waals surface area contributed by atoms with Crippen molar-refractivity contribution in [2.75, 3.05) is 0 Å². The van der Waals surface area contributed by atoms with E-state index in [-0.39, 0.29) is 34.7 Å². The van der Waals surface area contributed by atoms with Gasteiger partial charge in [-0.3, -0.25) is 0 Å². The SMILES string of the molecule is O=[N+]([O-])c1nc2ccccc2s1.[NaH]. The van der Waals surface area contributed by atoms with E-state index < -0.39 is 4.92 Å². The summed E-state index contributed by atoms with van der Waals surface area (Å²) in [4.78, 5) is 13.7. The van der Waals surface area contributed by atoms with E-state index in [1.54, 1.807) is 6.07 Å². The van der Waals surface area contributed by atoms with E-state index >= 15 is 0 Å². The molecule has 0 spiro atoms. The predicted octanol–water partition coefficient (Wildman–Crippen LogP) is 1.56. The molecule has 1 aromatic heterocycles. The van der Waals surface area contributed by atoms with Crippen LogP contribution in [0.15, 0.2) is 24.3 Å². The molecule has 0 bridgehead atoms. The maximum absolute atomic E-state index is 10.3. The van der Waals surface area contributed by atoms with Gasteiger partial charge >= 0.3 is 34.7 Å². The Morgan fingerprint density at radius 3 is 2.69 bits per heavy atom. The summed E-state index contributed by atoms with van der Waals surface area (Å²) in [5.74, 6) is 0. The average molecular weight is 204 g/mol. The van der Waals surface area contributed by atoms with Crippen LogP contribution in [-0.4, -0.2) is 39.5 Å². The topological polar surface area (TPSA) is 56.0 Å². The quantitative estimate of drug-likeness (QED) is 0.402. The van der Waals surface area contributed by atoms with Gasteiger partial charge in [-0.05, 0) is 33.4 Å². The molecule has 0 fully saturated rings. The average Bonchev–Trinajstić information content (AvgIpc) is 2.46. The third kappa shape index (κ3) is 2.05. The van der Waals surface area contributed by atoms with Crippen molar-refractivity contribution >= 4 is 56.2 Å². The second kappa shape index (κ2) is 4.15. The molecule has 2 rings (SSSR count). The summed E-state index contributed by atoms with van der Waals surface area (Å²) in [6.07, 6.45) is 0. The number of thiazole rings is 1. The number of benzene rings is 1. The van der Waals surface area contributed by atoms with Crippen molar-refractivity contribution in [1.82, 2.24) is 4.98 Å². The molecule has 0 atom stereocenters. The zero-order valence-corrected chi connectivity index (χ0v) is 6.75. The van der Waals surface area contributed by atoms with Crippen molar-refractivity contribution in [2.45, 2.75) is 0 Å². The van der Waals surface area contributed by atoms with Gasteiger partial charge in [0.2, 0.25) is 0 Å². The first-order chi connectivity index (χ1) is 5.77. The Morgan fingerprint density at radius 2 is 2.08 bits per heavy atom. The molecule has 0 aliphatic carbocycles. The van der Waals surface area contributed by atoms with Crippen LogP contribution in [0, 0.1) is 10.1 Å². The molecule has 62 valence electrons. The molecular weight excluding hydrogens is 199 g/mol. The van der Waals surface area contributed by atoms with Crippen LogP contribution >= 0.6 is 11.3 Å². The Kier molecular flexibility index (Phi) is 3.38. The van der Waals surface area contributed by atoms with E-state index in [0.29, 0.717) is 5.52 Å². The minimum atomic E-state index is -0.468. The number of rotatable bonds is 1. The van der Waals surface area contributed by atoms with Crippen molar-refractivity contribution in [3.63, 3.8) is 0 Å². The Bertz CT molecular complexity index is 410. The number of hydrogen-bond donors (Lipinski definition) is 0. The second-order valence-corrected chi connectivity index (χ2v) is 3.23. The Labute approximate surface area is 100 Å². The molecule has 6 heteroatoms. The fraction of sp³-hybridized carbons (Fsp3) is 0. The number of fused-ring (bicyclic) bond motifs is 1. The van der Waals surface area contributed by atoms with Gasteiger partial charge in [-0.15, -0.1) is 0 Å². The van der Waals surface area contributed by atoms with Crippen molar-refractivity contribution in [2.24, 2.45) is 0 Å². The molecule has 2 aromatic rings. The molecule has 0 aliphatic heterocycles. The number of nitrogens with zero attached hydrogens (tertiary/aromatic N) is 2. The molecular formula is C7H5N2NaO2S. The molecule has 0 unspecified atom stereocenters. The van der Waals surface area contributed by atoms with Crippen LogP contribution in [-0.2, 0) is 0 Å². The van der Waals surface area contributed by atoms with E-state index in [9.17, 15) is 10.1 Å². The molecule has 0 aliphatic rings. The predicted molar refractivity (Wildman–Crippen MR) is 53.4 cm³/mol. The van der Waals surface area contributed by atoms with Gasteiger partial charge in [0.1, 0.15) is 0 Å². The van der Waals surface area contributed by atoms with Gasteiger partial charge in [-0.2, -0.15) is 0 Å². The molecule has 0 saturated carbocycles. The number of nitro groups is 1. The van der Waals surface area contributed by atoms with Crippen molar-refractivity contribution in [3.05, 3.63) is 34.4 Å². The van der Waals surface area contributed by atoms with Crippen LogP contribution < -0.4 is 0 Å². The molecule has 4 nitrogen and oxygen atoms in total. The van der Waals surface area contributed by atoms with E-state index in [4.69, 9.17) is 0 Å². The normalized spacial score (nSPS) is 9.54. The van der Waals surface area contributed by atoms with Crippen LogP contribution in [0.2, 0.25) is 0 Å². The molecule has 0 saturated heterocycles. The Hall–Kier alpha value is -0.490. The molecule has 0 N–H and O–H groups in total. The molecule has 1 aromatic carbocycles. The van der Waals surface area contributed by atoms with Gasteiger partial charge in [0.25, 0.3) is 0 Å². The van der Waals surface area contributed by atoms with Gasteiger partial charge in [-0.25, -0.2) is 0 Å². The molecule has 0 amide bonds. The zero-order valence-electron chi connectivity index (χ0n) is 5.93. The van der Waals surface area contributed by atoms with Crippen LogP contribution in [0.4, 0.5) is 5.13 Å². The van der Waals surface area contributed by atoms with Crippen LogP contribution in [0.25, 0.3) is 10.2 Å². The fourth-order valence-corrected chi connectivity index (χ4v) is 1.72. The van der Waals surface area contributed by atoms with E-state index in [0.717, 1.165) is 16.0 Å². The van der Waals surface area contributed by atoms with E-state index in [2.05, 4.69) is 4.98 Å². The van der Waals surface area contributed by atoms with Crippen molar-refractivity contribution in [3.8, 4) is 0 Å². The first-order valence-corrected chi connectivity index (χ1v) is 4.09. The third-order valence-electron chi connectivity index (χ3n) is 1.44. The number of para-hydroxylation sites is 1. The zero-order chi connectivity index (χ0) is 8.55. The van der Waals surface area contributed by atoms with Crippen LogP contribution in [0.5, 0.6) is 0 Å². The fourth-order valence-electron chi connectivity index (χ4n) is 0.938. The first kappa shape index (κ1) is 10.6. The van der Waals surface area contributed by atoms with E-state index in [1.807, 2.05) is 18.2 Å².